The van der Waals surface area contributed by atoms with Crippen molar-refractivity contribution >= 4 is 23.8 Å². The number of benzene rings is 1. The molecule has 45 heavy (non-hydrogen) atoms. The number of aliphatic carboxylic acids is 1. The Morgan fingerprint density at radius 2 is 1.56 bits per heavy atom. The van der Waals surface area contributed by atoms with Crippen molar-refractivity contribution in [3.8, 4) is 5.75 Å². The summed E-state index contributed by atoms with van der Waals surface area (Å²) in [4.78, 5) is 38.9. The predicted molar refractivity (Wildman–Crippen MR) is 174 cm³/mol. The zero-order chi connectivity index (χ0) is 32.6. The molecule has 6 heteroatoms. The number of hydrogen-bond donors (Lipinski definition) is 2. The fourth-order valence-corrected chi connectivity index (χ4v) is 11.3. The molecule has 1 aromatic rings. The molecule has 0 spiro atoms. The molecule has 8 atom stereocenters. The van der Waals surface area contributed by atoms with E-state index in [9.17, 15) is 24.6 Å². The van der Waals surface area contributed by atoms with Crippen molar-refractivity contribution in [2.75, 3.05) is 6.61 Å². The largest absolute Gasteiger partial charge is 0.508 e. The Hall–Kier alpha value is -3.15. The van der Waals surface area contributed by atoms with Crippen LogP contribution in [-0.2, 0) is 19.1 Å². The number of phenolic OH excluding ortho intramolecular Hbond substituents is 1. The van der Waals surface area contributed by atoms with Crippen LogP contribution in [0.15, 0.2) is 54.1 Å². The van der Waals surface area contributed by atoms with E-state index in [1.165, 1.54) is 11.6 Å². The molecular weight excluding hydrogens is 564 g/mol. The number of carboxylic acid groups (broad SMARTS) is 1. The Balaban J connectivity index is 1.27. The van der Waals surface area contributed by atoms with E-state index in [0.29, 0.717) is 37.5 Å². The molecule has 0 heterocycles. The first-order valence-corrected chi connectivity index (χ1v) is 16.8. The summed E-state index contributed by atoms with van der Waals surface area (Å²) in [6, 6.07) is 6.61. The van der Waals surface area contributed by atoms with Gasteiger partial charge in [-0.1, -0.05) is 71.4 Å². The van der Waals surface area contributed by atoms with Gasteiger partial charge in [0.05, 0.1) is 12.0 Å². The highest BCUT2D eigenvalue weighted by Gasteiger charge is 2.68. The second kappa shape index (κ2) is 10.4. The first-order valence-electron chi connectivity index (χ1n) is 16.8. The SMILES string of the molecule is CC1(COC(=O)/C=C\c2ccc(O)cc2)CC[C@]2(C(=O)O)CC=C3[C@]4(C)CC[C@H]5C(C)(C)C(=O)C=C[C@]5(C)[C@H]4CC[C@@]3(C)[C@@H]2C1. The second-order valence-electron chi connectivity index (χ2n) is 16.7. The lowest BCUT2D eigenvalue weighted by molar-refractivity contribution is -0.175. The van der Waals surface area contributed by atoms with Gasteiger partial charge in [-0.05, 0) is 115 Å². The summed E-state index contributed by atoms with van der Waals surface area (Å²) >= 11 is 0. The number of fused-ring (bicyclic) bond motifs is 7. The molecule has 6 rings (SSSR count). The lowest BCUT2D eigenvalue weighted by Gasteiger charge is -2.68. The number of ketones is 1. The van der Waals surface area contributed by atoms with Crippen molar-refractivity contribution < 1.29 is 29.3 Å². The molecule has 5 aliphatic rings. The monoisotopic (exact) mass is 614 g/mol. The van der Waals surface area contributed by atoms with E-state index in [1.807, 2.05) is 6.08 Å². The number of aromatic hydroxyl groups is 1. The number of allylic oxidation sites excluding steroid dienone is 4. The number of esters is 1. The van der Waals surface area contributed by atoms with Gasteiger partial charge >= 0.3 is 11.9 Å². The number of rotatable bonds is 5. The van der Waals surface area contributed by atoms with E-state index in [0.717, 1.165) is 31.2 Å². The molecule has 1 aromatic carbocycles. The molecule has 5 aliphatic carbocycles. The molecule has 0 amide bonds. The van der Waals surface area contributed by atoms with Gasteiger partial charge in [-0.25, -0.2) is 4.79 Å². The number of carbonyl (C=O) groups is 3. The molecule has 0 radical (unpaired) electrons. The molecule has 1 unspecified atom stereocenters. The predicted octanol–water partition coefficient (Wildman–Crippen LogP) is 8.16. The number of hydrogen-bond acceptors (Lipinski definition) is 5. The Morgan fingerprint density at radius 1 is 0.911 bits per heavy atom. The first kappa shape index (κ1) is 31.8. The van der Waals surface area contributed by atoms with Crippen molar-refractivity contribution in [2.24, 2.45) is 50.2 Å². The van der Waals surface area contributed by atoms with Gasteiger partial charge in [-0.3, -0.25) is 9.59 Å². The van der Waals surface area contributed by atoms with Gasteiger partial charge in [0.15, 0.2) is 5.78 Å². The summed E-state index contributed by atoms with van der Waals surface area (Å²) in [5, 5.41) is 20.3. The molecular formula is C39H50O6. The van der Waals surface area contributed by atoms with Gasteiger partial charge in [-0.2, -0.15) is 0 Å². The number of carboxylic acids is 1. The van der Waals surface area contributed by atoms with Crippen LogP contribution in [0.25, 0.3) is 6.08 Å². The van der Waals surface area contributed by atoms with Crippen LogP contribution in [-0.4, -0.2) is 34.5 Å². The summed E-state index contributed by atoms with van der Waals surface area (Å²) in [5.74, 6) is -0.0927. The second-order valence-corrected chi connectivity index (χ2v) is 16.7. The highest BCUT2D eigenvalue weighted by molar-refractivity contribution is 5.95. The van der Waals surface area contributed by atoms with Gasteiger partial charge in [-0.15, -0.1) is 0 Å². The number of carbonyl (C=O) groups excluding carboxylic acids is 2. The fraction of sp³-hybridized carbons (Fsp3) is 0.615. The van der Waals surface area contributed by atoms with Crippen LogP contribution < -0.4 is 0 Å². The summed E-state index contributed by atoms with van der Waals surface area (Å²) < 4.78 is 5.81. The van der Waals surface area contributed by atoms with Crippen molar-refractivity contribution in [2.45, 2.75) is 92.9 Å². The average Bonchev–Trinajstić information content (AvgIpc) is 2.98. The molecule has 0 bridgehead atoms. The van der Waals surface area contributed by atoms with E-state index in [-0.39, 0.29) is 51.1 Å². The highest BCUT2D eigenvalue weighted by Crippen LogP contribution is 2.74. The average molecular weight is 615 g/mol. The Bertz CT molecular complexity index is 1500. The Kier molecular flexibility index (Phi) is 7.38. The minimum atomic E-state index is -0.815. The lowest BCUT2D eigenvalue weighted by Crippen LogP contribution is -2.63. The maximum Gasteiger partial charge on any atom is 0.330 e. The number of ether oxygens (including phenoxy) is 1. The Labute approximate surface area is 268 Å². The van der Waals surface area contributed by atoms with Crippen molar-refractivity contribution in [1.82, 2.24) is 0 Å². The van der Waals surface area contributed by atoms with Crippen LogP contribution >= 0.6 is 0 Å². The molecule has 0 saturated heterocycles. The molecule has 2 N–H and O–H groups in total. The van der Waals surface area contributed by atoms with E-state index in [4.69, 9.17) is 4.74 Å². The zero-order valence-electron chi connectivity index (χ0n) is 27.8. The van der Waals surface area contributed by atoms with E-state index in [2.05, 4.69) is 53.7 Å². The first-order chi connectivity index (χ1) is 21.0. The van der Waals surface area contributed by atoms with Crippen LogP contribution in [0.3, 0.4) is 0 Å². The molecule has 0 aromatic heterocycles. The minimum absolute atomic E-state index is 0.0595. The topological polar surface area (TPSA) is 101 Å². The maximum atomic E-state index is 13.2. The quantitative estimate of drug-likeness (QED) is 0.197. The van der Waals surface area contributed by atoms with Crippen molar-refractivity contribution in [3.63, 3.8) is 0 Å². The molecule has 6 nitrogen and oxygen atoms in total. The van der Waals surface area contributed by atoms with Crippen molar-refractivity contribution in [1.29, 1.82) is 0 Å². The lowest BCUT2D eigenvalue weighted by atomic mass is 9.35. The van der Waals surface area contributed by atoms with Crippen molar-refractivity contribution in [3.05, 3.63) is 59.7 Å². The maximum absolute atomic E-state index is 13.2. The fourth-order valence-electron chi connectivity index (χ4n) is 11.3. The van der Waals surface area contributed by atoms with E-state index >= 15 is 0 Å². The third kappa shape index (κ3) is 4.76. The molecule has 242 valence electrons. The van der Waals surface area contributed by atoms with Crippen LogP contribution in [0, 0.1) is 50.2 Å². The third-order valence-corrected chi connectivity index (χ3v) is 13.8. The number of phenols is 1. The summed E-state index contributed by atoms with van der Waals surface area (Å²) in [7, 11) is 0. The normalized spacial score (nSPS) is 41.7. The van der Waals surface area contributed by atoms with Gasteiger partial charge in [0.25, 0.3) is 0 Å². The summed E-state index contributed by atoms with van der Waals surface area (Å²) in [6.07, 6.45) is 15.9. The third-order valence-electron chi connectivity index (χ3n) is 13.8. The van der Waals surface area contributed by atoms with Gasteiger partial charge in [0.1, 0.15) is 5.75 Å². The summed E-state index contributed by atoms with van der Waals surface area (Å²) in [6.45, 7) is 13.8. The molecule has 3 fully saturated rings. The molecule has 3 saturated carbocycles. The van der Waals surface area contributed by atoms with Gasteiger partial charge < -0.3 is 14.9 Å². The van der Waals surface area contributed by atoms with Crippen LogP contribution in [0.5, 0.6) is 5.75 Å². The summed E-state index contributed by atoms with van der Waals surface area (Å²) in [5.41, 5.74) is 0.291. The van der Waals surface area contributed by atoms with Gasteiger partial charge in [0, 0.05) is 16.9 Å². The standard InChI is InChI=1S/C39H50O6/c1-34(2)27-13-17-37(5)28(36(27,4)19-16-31(34)41)14-18-38(6)29(37)15-20-39(33(43)44)22-21-35(3,23-30(38)39)24-45-32(42)12-9-25-7-10-26(40)11-8-25/h7-12,15-16,19,27-28,30,40H,13-14,17-18,20-24H2,1-6H3,(H,43,44)/b12-9-/t27-,28+,30-,35?,36-,37+,38+,39+/m0/s1. The van der Waals surface area contributed by atoms with Crippen LogP contribution in [0.4, 0.5) is 0 Å². The molecule has 0 aliphatic heterocycles. The smallest absolute Gasteiger partial charge is 0.330 e. The highest BCUT2D eigenvalue weighted by atomic mass is 16.5. The minimum Gasteiger partial charge on any atom is -0.508 e. The van der Waals surface area contributed by atoms with Crippen LogP contribution in [0.1, 0.15) is 98.5 Å². The Morgan fingerprint density at radius 3 is 2.22 bits per heavy atom. The van der Waals surface area contributed by atoms with Gasteiger partial charge in [0.2, 0.25) is 0 Å². The van der Waals surface area contributed by atoms with E-state index in [1.54, 1.807) is 30.3 Å². The van der Waals surface area contributed by atoms with Crippen LogP contribution in [0.2, 0.25) is 0 Å². The van der Waals surface area contributed by atoms with E-state index < -0.39 is 17.4 Å². The zero-order valence-corrected chi connectivity index (χ0v) is 27.8.